The number of nitriles is 1. The van der Waals surface area contributed by atoms with Crippen molar-refractivity contribution in [1.82, 2.24) is 4.98 Å². The van der Waals surface area contributed by atoms with Gasteiger partial charge in [-0.05, 0) is 31.2 Å². The average molecular weight is 454 g/mol. The van der Waals surface area contributed by atoms with E-state index in [2.05, 4.69) is 26.2 Å². The number of carbonyl (C=O) groups is 1. The van der Waals surface area contributed by atoms with Crippen molar-refractivity contribution in [1.29, 1.82) is 5.26 Å². The van der Waals surface area contributed by atoms with Crippen LogP contribution in [0.25, 0.3) is 17.3 Å². The van der Waals surface area contributed by atoms with Gasteiger partial charge in [0.2, 0.25) is 0 Å². The standard InChI is InChI=1S/C21H16BrN3O2S/c1-13-19(14-7-9-17(22)10-8-14)24-21(28-13)25-20(26)16(12-23)11-15-5-3-4-6-18(15)27-2/h3-11H,1-2H3,(H,24,25,26)/b16-11+. The fraction of sp³-hybridized carbons (Fsp3) is 0.0952. The van der Waals surface area contributed by atoms with Crippen molar-refractivity contribution < 1.29 is 9.53 Å². The number of hydrogen-bond donors (Lipinski definition) is 1. The van der Waals surface area contributed by atoms with Crippen LogP contribution in [-0.2, 0) is 4.79 Å². The molecule has 0 atom stereocenters. The van der Waals surface area contributed by atoms with Crippen molar-refractivity contribution >= 4 is 44.4 Å². The van der Waals surface area contributed by atoms with Crippen molar-refractivity contribution in [3.8, 4) is 23.1 Å². The number of nitrogens with one attached hydrogen (secondary N) is 1. The molecule has 1 N–H and O–H groups in total. The Hall–Kier alpha value is -2.95. The number of rotatable bonds is 5. The highest BCUT2D eigenvalue weighted by atomic mass is 79.9. The lowest BCUT2D eigenvalue weighted by Gasteiger charge is -2.05. The Balaban J connectivity index is 1.84. The molecule has 0 saturated heterocycles. The minimum Gasteiger partial charge on any atom is -0.496 e. The fourth-order valence-electron chi connectivity index (χ4n) is 2.58. The van der Waals surface area contributed by atoms with Gasteiger partial charge in [-0.25, -0.2) is 4.98 Å². The van der Waals surface area contributed by atoms with Gasteiger partial charge in [-0.1, -0.05) is 46.3 Å². The number of aryl methyl sites for hydroxylation is 1. The minimum absolute atomic E-state index is 0.0254. The van der Waals surface area contributed by atoms with Crippen LogP contribution in [0, 0.1) is 18.3 Å². The molecular weight excluding hydrogens is 438 g/mol. The maximum absolute atomic E-state index is 12.6. The quantitative estimate of drug-likeness (QED) is 0.412. The molecule has 0 unspecified atom stereocenters. The first-order valence-electron chi connectivity index (χ1n) is 8.31. The minimum atomic E-state index is -0.510. The van der Waals surface area contributed by atoms with Crippen molar-refractivity contribution in [2.45, 2.75) is 6.92 Å². The summed E-state index contributed by atoms with van der Waals surface area (Å²) in [5.41, 5.74) is 2.40. The van der Waals surface area contributed by atoms with Crippen LogP contribution in [0.5, 0.6) is 5.75 Å². The monoisotopic (exact) mass is 453 g/mol. The van der Waals surface area contributed by atoms with Gasteiger partial charge in [-0.15, -0.1) is 11.3 Å². The van der Waals surface area contributed by atoms with Gasteiger partial charge in [0.1, 0.15) is 17.4 Å². The summed E-state index contributed by atoms with van der Waals surface area (Å²) < 4.78 is 6.25. The smallest absolute Gasteiger partial charge is 0.268 e. The normalized spacial score (nSPS) is 11.0. The average Bonchev–Trinajstić information content (AvgIpc) is 3.06. The number of ether oxygens (including phenoxy) is 1. The van der Waals surface area contributed by atoms with Crippen LogP contribution in [-0.4, -0.2) is 18.0 Å². The number of thiazole rings is 1. The van der Waals surface area contributed by atoms with Crippen molar-refractivity contribution in [3.63, 3.8) is 0 Å². The second-order valence-corrected chi connectivity index (χ2v) is 7.92. The lowest BCUT2D eigenvalue weighted by Crippen LogP contribution is -2.13. The van der Waals surface area contributed by atoms with E-state index in [1.165, 1.54) is 17.4 Å². The van der Waals surface area contributed by atoms with Crippen LogP contribution in [0.4, 0.5) is 5.13 Å². The van der Waals surface area contributed by atoms with E-state index in [0.717, 1.165) is 20.6 Å². The molecule has 2 aromatic carbocycles. The van der Waals surface area contributed by atoms with E-state index in [4.69, 9.17) is 4.74 Å². The number of methoxy groups -OCH3 is 1. The summed E-state index contributed by atoms with van der Waals surface area (Å²) in [6, 6.07) is 16.9. The molecule has 3 aromatic rings. The number of anilines is 1. The molecule has 1 amide bonds. The Morgan fingerprint density at radius 1 is 1.25 bits per heavy atom. The summed E-state index contributed by atoms with van der Waals surface area (Å²) in [5, 5.41) is 12.6. The number of hydrogen-bond acceptors (Lipinski definition) is 5. The molecule has 0 saturated carbocycles. The highest BCUT2D eigenvalue weighted by Crippen LogP contribution is 2.31. The summed E-state index contributed by atoms with van der Waals surface area (Å²) in [6.07, 6.45) is 1.50. The second-order valence-electron chi connectivity index (χ2n) is 5.80. The van der Waals surface area contributed by atoms with E-state index in [1.54, 1.807) is 19.2 Å². The lowest BCUT2D eigenvalue weighted by atomic mass is 10.1. The summed E-state index contributed by atoms with van der Waals surface area (Å²) in [4.78, 5) is 18.1. The van der Waals surface area contributed by atoms with Gasteiger partial charge in [0.05, 0.1) is 12.8 Å². The zero-order valence-corrected chi connectivity index (χ0v) is 17.6. The molecule has 0 aliphatic rings. The Morgan fingerprint density at radius 3 is 2.64 bits per heavy atom. The third kappa shape index (κ3) is 4.47. The summed E-state index contributed by atoms with van der Waals surface area (Å²) >= 11 is 4.78. The number of halogens is 1. The first-order chi connectivity index (χ1) is 13.5. The highest BCUT2D eigenvalue weighted by Gasteiger charge is 2.15. The zero-order chi connectivity index (χ0) is 20.1. The predicted octanol–water partition coefficient (Wildman–Crippen LogP) is 5.44. The number of benzene rings is 2. The number of carbonyl (C=O) groups excluding carboxylic acids is 1. The zero-order valence-electron chi connectivity index (χ0n) is 15.2. The Kier molecular flexibility index (Phi) is 6.24. The SMILES string of the molecule is COc1ccccc1/C=C(\C#N)C(=O)Nc1nc(-c2ccc(Br)cc2)c(C)s1. The highest BCUT2D eigenvalue weighted by molar-refractivity contribution is 9.10. The van der Waals surface area contributed by atoms with E-state index >= 15 is 0 Å². The van der Waals surface area contributed by atoms with E-state index in [9.17, 15) is 10.1 Å². The van der Waals surface area contributed by atoms with Gasteiger partial charge in [-0.3, -0.25) is 10.1 Å². The van der Waals surface area contributed by atoms with E-state index in [-0.39, 0.29) is 5.57 Å². The molecule has 0 radical (unpaired) electrons. The summed E-state index contributed by atoms with van der Waals surface area (Å²) in [6.45, 7) is 1.95. The molecule has 0 fully saturated rings. The number of amides is 1. The molecule has 1 heterocycles. The van der Waals surface area contributed by atoms with Crippen LogP contribution in [0.1, 0.15) is 10.4 Å². The maximum atomic E-state index is 12.6. The fourth-order valence-corrected chi connectivity index (χ4v) is 3.67. The van der Waals surface area contributed by atoms with Crippen molar-refractivity contribution in [3.05, 3.63) is 69.0 Å². The van der Waals surface area contributed by atoms with E-state index < -0.39 is 5.91 Å². The number of para-hydroxylation sites is 1. The molecule has 3 rings (SSSR count). The Labute approximate surface area is 175 Å². The van der Waals surface area contributed by atoms with Gasteiger partial charge in [0.25, 0.3) is 5.91 Å². The molecule has 28 heavy (non-hydrogen) atoms. The number of nitrogens with zero attached hydrogens (tertiary/aromatic N) is 2. The molecule has 0 bridgehead atoms. The largest absolute Gasteiger partial charge is 0.496 e. The van der Waals surface area contributed by atoms with Gasteiger partial charge in [0.15, 0.2) is 5.13 Å². The van der Waals surface area contributed by atoms with Crippen LogP contribution >= 0.6 is 27.3 Å². The maximum Gasteiger partial charge on any atom is 0.268 e. The molecule has 5 nitrogen and oxygen atoms in total. The molecule has 0 spiro atoms. The van der Waals surface area contributed by atoms with Crippen molar-refractivity contribution in [2.75, 3.05) is 12.4 Å². The molecule has 0 aliphatic carbocycles. The summed E-state index contributed by atoms with van der Waals surface area (Å²) in [7, 11) is 1.54. The summed E-state index contributed by atoms with van der Waals surface area (Å²) in [5.74, 6) is 0.0789. The third-order valence-corrected chi connectivity index (χ3v) is 5.35. The van der Waals surface area contributed by atoms with Crippen LogP contribution in [0.2, 0.25) is 0 Å². The van der Waals surface area contributed by atoms with Crippen LogP contribution < -0.4 is 10.1 Å². The first-order valence-corrected chi connectivity index (χ1v) is 9.92. The molecule has 7 heteroatoms. The molecular formula is C21H16BrN3O2S. The topological polar surface area (TPSA) is 75.0 Å². The Morgan fingerprint density at radius 2 is 1.96 bits per heavy atom. The van der Waals surface area contributed by atoms with Crippen molar-refractivity contribution in [2.24, 2.45) is 0 Å². The molecule has 0 aliphatic heterocycles. The van der Waals surface area contributed by atoms with E-state index in [1.807, 2.05) is 49.4 Å². The molecule has 140 valence electrons. The van der Waals surface area contributed by atoms with E-state index in [0.29, 0.717) is 16.4 Å². The lowest BCUT2D eigenvalue weighted by molar-refractivity contribution is -0.112. The van der Waals surface area contributed by atoms with Crippen LogP contribution in [0.15, 0.2) is 58.6 Å². The van der Waals surface area contributed by atoms with Crippen LogP contribution in [0.3, 0.4) is 0 Å². The Bertz CT molecular complexity index is 1080. The first kappa shape index (κ1) is 19.8. The number of aromatic nitrogens is 1. The van der Waals surface area contributed by atoms with Gasteiger partial charge in [0, 0.05) is 20.5 Å². The van der Waals surface area contributed by atoms with Gasteiger partial charge in [-0.2, -0.15) is 5.26 Å². The second kappa shape index (κ2) is 8.83. The third-order valence-electron chi connectivity index (χ3n) is 3.94. The van der Waals surface area contributed by atoms with Gasteiger partial charge < -0.3 is 4.74 Å². The van der Waals surface area contributed by atoms with Gasteiger partial charge >= 0.3 is 0 Å². The molecule has 1 aromatic heterocycles. The predicted molar refractivity (Wildman–Crippen MR) is 115 cm³/mol.